The zero-order valence-corrected chi connectivity index (χ0v) is 12.2. The van der Waals surface area contributed by atoms with Crippen molar-refractivity contribution in [2.24, 2.45) is 5.73 Å². The quantitative estimate of drug-likeness (QED) is 0.619. The first-order valence-electron chi connectivity index (χ1n) is 6.63. The smallest absolute Gasteiger partial charge is 0.166 e. The lowest BCUT2D eigenvalue weighted by Crippen LogP contribution is -2.19. The minimum Gasteiger partial charge on any atom is -0.404 e. The van der Waals surface area contributed by atoms with Crippen molar-refractivity contribution >= 4 is 29.1 Å². The van der Waals surface area contributed by atoms with Gasteiger partial charge in [0.25, 0.3) is 0 Å². The summed E-state index contributed by atoms with van der Waals surface area (Å²) in [4.78, 5) is 17.8. The fourth-order valence-electron chi connectivity index (χ4n) is 2.15. The number of hydrogen-bond donors (Lipinski definition) is 2. The van der Waals surface area contributed by atoms with E-state index < -0.39 is 0 Å². The molecule has 0 saturated heterocycles. The molecule has 0 spiro atoms. The number of carbonyl (C=O) groups is 1. The second-order valence-corrected chi connectivity index (χ2v) is 5.02. The lowest BCUT2D eigenvalue weighted by Gasteiger charge is -2.12. The lowest BCUT2D eigenvalue weighted by atomic mass is 10.2. The fourth-order valence-corrected chi connectivity index (χ4v) is 2.15. The number of rotatable bonds is 6. The molecule has 110 valence electrons. The molecule has 0 radical (unpaired) electrons. The highest BCUT2D eigenvalue weighted by molar-refractivity contribution is 6.07. The van der Waals surface area contributed by atoms with Gasteiger partial charge in [0.05, 0.1) is 11.4 Å². The average molecular weight is 285 g/mol. The molecule has 6 heteroatoms. The Morgan fingerprint density at radius 1 is 1.48 bits per heavy atom. The molecule has 0 amide bonds. The molecule has 6 nitrogen and oxygen atoms in total. The van der Waals surface area contributed by atoms with Crippen molar-refractivity contribution in [1.82, 2.24) is 14.5 Å². The van der Waals surface area contributed by atoms with Gasteiger partial charge in [-0.15, -0.1) is 0 Å². The largest absolute Gasteiger partial charge is 0.404 e. The minimum atomic E-state index is 0.546. The summed E-state index contributed by atoms with van der Waals surface area (Å²) in [6.07, 6.45) is 3.37. The number of carbonyl (C=O) groups excluding carboxylic acids is 1. The second-order valence-electron chi connectivity index (χ2n) is 5.02. The Kier molecular flexibility index (Phi) is 4.49. The molecule has 0 aromatic carbocycles. The van der Waals surface area contributed by atoms with Crippen LogP contribution in [0.3, 0.4) is 0 Å². The molecule has 0 fully saturated rings. The normalized spacial score (nSPS) is 12.0. The van der Waals surface area contributed by atoms with Crippen LogP contribution in [-0.4, -0.2) is 47.6 Å². The summed E-state index contributed by atoms with van der Waals surface area (Å²) in [7, 11) is 3.96. The summed E-state index contributed by atoms with van der Waals surface area (Å²) in [5, 5.41) is 8.26. The number of nitrogens with one attached hydrogen (secondary N) is 1. The van der Waals surface area contributed by atoms with E-state index in [0.29, 0.717) is 23.5 Å². The molecule has 2 heterocycles. The van der Waals surface area contributed by atoms with Crippen molar-refractivity contribution in [3.05, 3.63) is 35.8 Å². The number of pyridine rings is 1. The second kappa shape index (κ2) is 6.32. The molecule has 2 rings (SSSR count). The first kappa shape index (κ1) is 14.9. The number of aldehydes is 1. The Morgan fingerprint density at radius 2 is 2.24 bits per heavy atom. The van der Waals surface area contributed by atoms with Gasteiger partial charge in [0.1, 0.15) is 5.65 Å². The van der Waals surface area contributed by atoms with Crippen LogP contribution >= 0.6 is 0 Å². The van der Waals surface area contributed by atoms with E-state index in [0.717, 1.165) is 23.9 Å². The molecule has 0 unspecified atom stereocenters. The van der Waals surface area contributed by atoms with E-state index in [1.807, 2.05) is 35.7 Å². The molecule has 2 aromatic heterocycles. The van der Waals surface area contributed by atoms with E-state index in [9.17, 15) is 4.79 Å². The summed E-state index contributed by atoms with van der Waals surface area (Å²) >= 11 is 0. The highest BCUT2D eigenvalue weighted by Crippen LogP contribution is 2.20. The molecule has 21 heavy (non-hydrogen) atoms. The number of likely N-dealkylation sites (N-methyl/N-ethyl adjacent to an activating group) is 1. The number of nitrogens with two attached hydrogens (primary N) is 1. The molecule has 0 bridgehead atoms. The van der Waals surface area contributed by atoms with Gasteiger partial charge in [-0.3, -0.25) is 4.79 Å². The highest BCUT2D eigenvalue weighted by atomic mass is 16.1. The van der Waals surface area contributed by atoms with Crippen LogP contribution in [0.4, 0.5) is 0 Å². The molecular weight excluding hydrogens is 266 g/mol. The van der Waals surface area contributed by atoms with Crippen molar-refractivity contribution in [1.29, 1.82) is 5.41 Å². The Labute approximate surface area is 123 Å². The first-order chi connectivity index (χ1) is 10.1. The number of nitrogens with zero attached hydrogens (tertiary/aromatic N) is 3. The lowest BCUT2D eigenvalue weighted by molar-refractivity contribution is 0.111. The SMILES string of the molecule is CN(C)CCn1c(C=O)cc2ccc(C(C=N)=CN)nc21. The minimum absolute atomic E-state index is 0.546. The Balaban J connectivity index is 2.55. The molecular formula is C15H19N5O. The number of hydrogen-bond acceptors (Lipinski definition) is 5. The van der Waals surface area contributed by atoms with E-state index in [1.54, 1.807) is 6.07 Å². The van der Waals surface area contributed by atoms with Gasteiger partial charge in [0.2, 0.25) is 0 Å². The van der Waals surface area contributed by atoms with Crippen molar-refractivity contribution in [3.63, 3.8) is 0 Å². The number of fused-ring (bicyclic) bond motifs is 1. The van der Waals surface area contributed by atoms with Gasteiger partial charge in [0, 0.05) is 36.5 Å². The van der Waals surface area contributed by atoms with E-state index >= 15 is 0 Å². The molecule has 0 atom stereocenters. The molecule has 0 aliphatic rings. The number of allylic oxidation sites excluding steroid dienone is 1. The predicted molar refractivity (Wildman–Crippen MR) is 84.6 cm³/mol. The van der Waals surface area contributed by atoms with E-state index in [2.05, 4.69) is 4.98 Å². The van der Waals surface area contributed by atoms with Crippen molar-refractivity contribution in [2.75, 3.05) is 20.6 Å². The van der Waals surface area contributed by atoms with E-state index in [-0.39, 0.29) is 0 Å². The summed E-state index contributed by atoms with van der Waals surface area (Å²) < 4.78 is 1.89. The predicted octanol–water partition coefficient (Wildman–Crippen LogP) is 1.36. The summed E-state index contributed by atoms with van der Waals surface area (Å²) in [6, 6.07) is 5.52. The zero-order chi connectivity index (χ0) is 15.4. The third-order valence-electron chi connectivity index (χ3n) is 3.30. The van der Waals surface area contributed by atoms with Crippen molar-refractivity contribution in [3.8, 4) is 0 Å². The maximum atomic E-state index is 11.2. The average Bonchev–Trinajstić information content (AvgIpc) is 2.83. The molecule has 0 aliphatic carbocycles. The fraction of sp³-hybridized carbons (Fsp3) is 0.267. The molecule has 0 aliphatic heterocycles. The van der Waals surface area contributed by atoms with Crippen LogP contribution in [0.25, 0.3) is 16.6 Å². The van der Waals surface area contributed by atoms with Crippen LogP contribution in [0.1, 0.15) is 16.2 Å². The van der Waals surface area contributed by atoms with Crippen molar-refractivity contribution < 1.29 is 4.79 Å². The van der Waals surface area contributed by atoms with Gasteiger partial charge in [0.15, 0.2) is 6.29 Å². The van der Waals surface area contributed by atoms with Gasteiger partial charge in [-0.1, -0.05) is 0 Å². The molecule has 3 N–H and O–H groups in total. The van der Waals surface area contributed by atoms with Gasteiger partial charge in [-0.2, -0.15) is 0 Å². The Bertz CT molecular complexity index is 699. The first-order valence-corrected chi connectivity index (χ1v) is 6.63. The standard InChI is InChI=1S/C15H19N5O/c1-19(2)5-6-20-13(10-21)7-11-3-4-14(18-15(11)20)12(8-16)9-17/h3-4,7-10,16H,5-6,17H2,1-2H3. The van der Waals surface area contributed by atoms with Crippen LogP contribution in [-0.2, 0) is 6.54 Å². The molecule has 2 aromatic rings. The summed E-state index contributed by atoms with van der Waals surface area (Å²) in [5.41, 5.74) is 8.01. The van der Waals surface area contributed by atoms with E-state index in [4.69, 9.17) is 11.1 Å². The summed E-state index contributed by atoms with van der Waals surface area (Å²) in [5.74, 6) is 0. The third kappa shape index (κ3) is 3.00. The zero-order valence-electron chi connectivity index (χ0n) is 12.2. The molecule has 0 saturated carbocycles. The van der Waals surface area contributed by atoms with Gasteiger partial charge >= 0.3 is 0 Å². The van der Waals surface area contributed by atoms with Gasteiger partial charge < -0.3 is 20.6 Å². The summed E-state index contributed by atoms with van der Waals surface area (Å²) in [6.45, 7) is 1.48. The monoisotopic (exact) mass is 285 g/mol. The van der Waals surface area contributed by atoms with Crippen LogP contribution in [0.15, 0.2) is 24.4 Å². The van der Waals surface area contributed by atoms with Crippen LogP contribution in [0.5, 0.6) is 0 Å². The van der Waals surface area contributed by atoms with Gasteiger partial charge in [-0.05, 0) is 32.3 Å². The maximum Gasteiger partial charge on any atom is 0.166 e. The van der Waals surface area contributed by atoms with Gasteiger partial charge in [-0.25, -0.2) is 4.98 Å². The highest BCUT2D eigenvalue weighted by Gasteiger charge is 2.11. The van der Waals surface area contributed by atoms with Crippen LogP contribution in [0, 0.1) is 5.41 Å². The third-order valence-corrected chi connectivity index (χ3v) is 3.30. The maximum absolute atomic E-state index is 11.2. The Hall–Kier alpha value is -2.47. The van der Waals surface area contributed by atoms with Crippen LogP contribution < -0.4 is 5.73 Å². The topological polar surface area (TPSA) is 88.0 Å². The van der Waals surface area contributed by atoms with Crippen LogP contribution in [0.2, 0.25) is 0 Å². The van der Waals surface area contributed by atoms with Crippen molar-refractivity contribution in [2.45, 2.75) is 6.54 Å². The number of aromatic nitrogens is 2. The Morgan fingerprint density at radius 3 is 2.81 bits per heavy atom. The van der Waals surface area contributed by atoms with E-state index in [1.165, 1.54) is 12.4 Å².